The van der Waals surface area contributed by atoms with Gasteiger partial charge >= 0.3 is 0 Å². The third-order valence-electron chi connectivity index (χ3n) is 5.19. The minimum atomic E-state index is -0.130. The molecule has 24 heavy (non-hydrogen) atoms. The molecule has 0 radical (unpaired) electrons. The zero-order valence-electron chi connectivity index (χ0n) is 14.8. The second kappa shape index (κ2) is 5.67. The van der Waals surface area contributed by atoms with Crippen molar-refractivity contribution in [1.82, 2.24) is 19.9 Å². The summed E-state index contributed by atoms with van der Waals surface area (Å²) in [5.74, 6) is 0. The Balaban J connectivity index is 1.51. The highest BCUT2D eigenvalue weighted by atomic mass is 16.5. The average molecular weight is 326 g/mol. The highest BCUT2D eigenvalue weighted by molar-refractivity contribution is 5.38. The Morgan fingerprint density at radius 2 is 2.08 bits per heavy atom. The van der Waals surface area contributed by atoms with Gasteiger partial charge in [-0.15, -0.1) is 5.10 Å². The van der Waals surface area contributed by atoms with Gasteiger partial charge in [0.1, 0.15) is 5.60 Å². The summed E-state index contributed by atoms with van der Waals surface area (Å²) in [6.07, 6.45) is 4.27. The van der Waals surface area contributed by atoms with E-state index in [0.717, 1.165) is 44.8 Å². The Bertz CT molecular complexity index is 729. The lowest BCUT2D eigenvalue weighted by Gasteiger charge is -2.41. The molecule has 5 heteroatoms. The molecular formula is C19H26N4O. The second-order valence-corrected chi connectivity index (χ2v) is 8.04. The number of ether oxygens (including phenoxy) is 1. The normalized spacial score (nSPS) is 24.5. The van der Waals surface area contributed by atoms with E-state index in [1.807, 2.05) is 4.68 Å². The maximum absolute atomic E-state index is 6.30. The summed E-state index contributed by atoms with van der Waals surface area (Å²) in [5, 5.41) is 8.65. The smallest absolute Gasteiger partial charge is 0.106 e. The molecule has 1 spiro atoms. The van der Waals surface area contributed by atoms with Crippen LogP contribution in [0.2, 0.25) is 0 Å². The van der Waals surface area contributed by atoms with E-state index in [9.17, 15) is 0 Å². The highest BCUT2D eigenvalue weighted by Crippen LogP contribution is 2.42. The molecule has 5 nitrogen and oxygen atoms in total. The van der Waals surface area contributed by atoms with Gasteiger partial charge in [-0.3, -0.25) is 4.90 Å². The van der Waals surface area contributed by atoms with Gasteiger partial charge in [0.05, 0.1) is 24.0 Å². The van der Waals surface area contributed by atoms with Gasteiger partial charge in [0, 0.05) is 19.6 Å². The van der Waals surface area contributed by atoms with Crippen LogP contribution in [0, 0.1) is 0 Å². The van der Waals surface area contributed by atoms with E-state index in [2.05, 4.69) is 66.4 Å². The fourth-order valence-corrected chi connectivity index (χ4v) is 3.89. The van der Waals surface area contributed by atoms with Crippen LogP contribution in [0.25, 0.3) is 0 Å². The molecule has 0 unspecified atom stereocenters. The van der Waals surface area contributed by atoms with Crippen molar-refractivity contribution in [3.8, 4) is 0 Å². The summed E-state index contributed by atoms with van der Waals surface area (Å²) in [4.78, 5) is 2.46. The van der Waals surface area contributed by atoms with Crippen LogP contribution < -0.4 is 0 Å². The first kappa shape index (κ1) is 15.8. The third-order valence-corrected chi connectivity index (χ3v) is 5.19. The maximum atomic E-state index is 6.30. The van der Waals surface area contributed by atoms with E-state index in [0.29, 0.717) is 0 Å². The van der Waals surface area contributed by atoms with E-state index in [-0.39, 0.29) is 11.1 Å². The Morgan fingerprint density at radius 1 is 1.25 bits per heavy atom. The number of rotatable bonds is 2. The van der Waals surface area contributed by atoms with Gasteiger partial charge in [0.25, 0.3) is 0 Å². The highest BCUT2D eigenvalue weighted by Gasteiger charge is 2.43. The first-order valence-electron chi connectivity index (χ1n) is 8.83. The lowest BCUT2D eigenvalue weighted by atomic mass is 9.93. The van der Waals surface area contributed by atoms with Crippen molar-refractivity contribution < 1.29 is 4.74 Å². The molecule has 1 saturated heterocycles. The van der Waals surface area contributed by atoms with Crippen molar-refractivity contribution >= 4 is 0 Å². The minimum absolute atomic E-state index is 0.0259. The predicted octanol–water partition coefficient (Wildman–Crippen LogP) is 2.71. The molecule has 0 N–H and O–H groups in total. The predicted molar refractivity (Wildman–Crippen MR) is 92.7 cm³/mol. The molecule has 1 aromatic heterocycles. The molecule has 1 fully saturated rings. The molecular weight excluding hydrogens is 300 g/mol. The van der Waals surface area contributed by atoms with Crippen LogP contribution in [0.5, 0.6) is 0 Å². The summed E-state index contributed by atoms with van der Waals surface area (Å²) in [7, 11) is 0. The summed E-state index contributed by atoms with van der Waals surface area (Å²) >= 11 is 0. The molecule has 1 aromatic carbocycles. The summed E-state index contributed by atoms with van der Waals surface area (Å²) in [6, 6.07) is 8.73. The number of hydrogen-bond donors (Lipinski definition) is 0. The van der Waals surface area contributed by atoms with E-state index in [1.165, 1.54) is 11.1 Å². The van der Waals surface area contributed by atoms with Crippen LogP contribution in [-0.4, -0.2) is 39.6 Å². The number of aromatic nitrogens is 3. The Labute approximate surface area is 143 Å². The van der Waals surface area contributed by atoms with Crippen molar-refractivity contribution in [3.63, 3.8) is 0 Å². The van der Waals surface area contributed by atoms with Crippen molar-refractivity contribution in [2.75, 3.05) is 19.7 Å². The molecule has 1 aliphatic carbocycles. The largest absolute Gasteiger partial charge is 0.368 e. The molecule has 2 heterocycles. The van der Waals surface area contributed by atoms with Gasteiger partial charge in [0.15, 0.2) is 0 Å². The summed E-state index contributed by atoms with van der Waals surface area (Å²) in [5.41, 5.74) is 3.70. The molecule has 1 aliphatic heterocycles. The molecule has 0 saturated carbocycles. The van der Waals surface area contributed by atoms with Gasteiger partial charge in [-0.25, -0.2) is 4.68 Å². The van der Waals surface area contributed by atoms with Gasteiger partial charge in [0.2, 0.25) is 0 Å². The van der Waals surface area contributed by atoms with Crippen molar-refractivity contribution in [1.29, 1.82) is 0 Å². The number of fused-ring (bicyclic) bond motifs is 2. The van der Waals surface area contributed by atoms with Gasteiger partial charge in [-0.05, 0) is 44.7 Å². The maximum Gasteiger partial charge on any atom is 0.106 e. The lowest BCUT2D eigenvalue weighted by Crippen LogP contribution is -2.48. The number of benzene rings is 1. The fraction of sp³-hybridized carbons (Fsp3) is 0.579. The fourth-order valence-electron chi connectivity index (χ4n) is 3.89. The molecule has 1 atom stereocenters. The zero-order valence-corrected chi connectivity index (χ0v) is 14.8. The van der Waals surface area contributed by atoms with Crippen molar-refractivity contribution in [2.45, 2.75) is 51.3 Å². The molecule has 128 valence electrons. The van der Waals surface area contributed by atoms with Gasteiger partial charge < -0.3 is 4.74 Å². The molecule has 2 aromatic rings. The van der Waals surface area contributed by atoms with Crippen molar-refractivity contribution in [2.24, 2.45) is 0 Å². The molecule has 0 bridgehead atoms. The zero-order chi connectivity index (χ0) is 16.8. The summed E-state index contributed by atoms with van der Waals surface area (Å²) in [6.45, 7) is 9.93. The SMILES string of the molecule is CC(C)(C)n1cc(CN2CCO[C@@]3(CCc4ccccc43)C2)nn1. The van der Waals surface area contributed by atoms with Crippen LogP contribution >= 0.6 is 0 Å². The molecule has 0 amide bonds. The average Bonchev–Trinajstić information content (AvgIpc) is 3.14. The Kier molecular flexibility index (Phi) is 3.73. The van der Waals surface area contributed by atoms with E-state index >= 15 is 0 Å². The second-order valence-electron chi connectivity index (χ2n) is 8.04. The van der Waals surface area contributed by atoms with Crippen molar-refractivity contribution in [3.05, 3.63) is 47.3 Å². The number of hydrogen-bond acceptors (Lipinski definition) is 4. The quantitative estimate of drug-likeness (QED) is 0.851. The minimum Gasteiger partial charge on any atom is -0.368 e. The van der Waals surface area contributed by atoms with Crippen LogP contribution in [0.4, 0.5) is 0 Å². The number of nitrogens with zero attached hydrogens (tertiary/aromatic N) is 4. The number of aryl methyl sites for hydroxylation is 1. The molecule has 4 rings (SSSR count). The van der Waals surface area contributed by atoms with Crippen LogP contribution in [0.3, 0.4) is 0 Å². The first-order valence-corrected chi connectivity index (χ1v) is 8.83. The van der Waals surface area contributed by atoms with Gasteiger partial charge in [-0.2, -0.15) is 0 Å². The standard InChI is InChI=1S/C19H26N4O/c1-18(2,3)23-13-16(20-21-23)12-22-10-11-24-19(14-22)9-8-15-6-4-5-7-17(15)19/h4-7,13H,8-12,14H2,1-3H3/t19-/m0/s1. The number of morpholine rings is 1. The molecule has 2 aliphatic rings. The van der Waals surface area contributed by atoms with E-state index < -0.39 is 0 Å². The van der Waals surface area contributed by atoms with Crippen LogP contribution in [0.1, 0.15) is 44.0 Å². The third kappa shape index (κ3) is 2.76. The topological polar surface area (TPSA) is 43.2 Å². The summed E-state index contributed by atoms with van der Waals surface area (Å²) < 4.78 is 8.25. The van der Waals surface area contributed by atoms with Gasteiger partial charge in [-0.1, -0.05) is 29.5 Å². The van der Waals surface area contributed by atoms with E-state index in [4.69, 9.17) is 4.74 Å². The Hall–Kier alpha value is -1.72. The van der Waals surface area contributed by atoms with Crippen LogP contribution in [0.15, 0.2) is 30.5 Å². The Morgan fingerprint density at radius 3 is 2.88 bits per heavy atom. The first-order chi connectivity index (χ1) is 11.5. The lowest BCUT2D eigenvalue weighted by molar-refractivity contribution is -0.116. The van der Waals surface area contributed by atoms with E-state index in [1.54, 1.807) is 0 Å². The monoisotopic (exact) mass is 326 g/mol. The van der Waals surface area contributed by atoms with Crippen LogP contribution in [-0.2, 0) is 28.8 Å².